The molecule has 0 radical (unpaired) electrons. The zero-order valence-electron chi connectivity index (χ0n) is 11.6. The minimum Gasteiger partial charge on any atom is -0.371 e. The van der Waals surface area contributed by atoms with Crippen LogP contribution in [0.25, 0.3) is 0 Å². The van der Waals surface area contributed by atoms with E-state index >= 15 is 0 Å². The van der Waals surface area contributed by atoms with Gasteiger partial charge in [-0.25, -0.2) is 4.39 Å². The van der Waals surface area contributed by atoms with Crippen LogP contribution in [0.1, 0.15) is 6.42 Å². The average Bonchev–Trinajstić information content (AvgIpc) is 2.33. The van der Waals surface area contributed by atoms with Crippen LogP contribution in [0.3, 0.4) is 0 Å². The Hall–Kier alpha value is -1.13. The lowest BCUT2D eigenvalue weighted by molar-refractivity contribution is 0.395. The number of benzene rings is 1. The lowest BCUT2D eigenvalue weighted by atomic mass is 10.3. The van der Waals surface area contributed by atoms with Gasteiger partial charge in [0.25, 0.3) is 0 Å². The highest BCUT2D eigenvalue weighted by molar-refractivity contribution is 5.46. The molecule has 0 aliphatic rings. The van der Waals surface area contributed by atoms with Gasteiger partial charge in [0, 0.05) is 20.1 Å². The van der Waals surface area contributed by atoms with E-state index in [2.05, 4.69) is 24.3 Å². The first-order valence-corrected chi connectivity index (χ1v) is 6.42. The first-order chi connectivity index (χ1) is 8.61. The number of hydrogen-bond donors (Lipinski definition) is 1. The van der Waals surface area contributed by atoms with Gasteiger partial charge < -0.3 is 15.1 Å². The molecular formula is C14H24FN3. The third kappa shape index (κ3) is 5.47. The van der Waals surface area contributed by atoms with Gasteiger partial charge in [0.1, 0.15) is 5.82 Å². The molecular weight excluding hydrogens is 229 g/mol. The third-order valence-corrected chi connectivity index (χ3v) is 2.85. The van der Waals surface area contributed by atoms with E-state index in [-0.39, 0.29) is 5.82 Å². The van der Waals surface area contributed by atoms with Gasteiger partial charge in [-0.1, -0.05) is 12.1 Å². The molecule has 0 unspecified atom stereocenters. The normalized spacial score (nSPS) is 10.9. The summed E-state index contributed by atoms with van der Waals surface area (Å²) in [6.45, 7) is 3.78. The van der Waals surface area contributed by atoms with Crippen LogP contribution in [0.15, 0.2) is 24.3 Å². The van der Waals surface area contributed by atoms with Crippen molar-refractivity contribution in [2.75, 3.05) is 52.2 Å². The van der Waals surface area contributed by atoms with Crippen molar-refractivity contribution in [3.8, 4) is 0 Å². The number of halogens is 1. The van der Waals surface area contributed by atoms with Crippen molar-refractivity contribution >= 4 is 5.69 Å². The van der Waals surface area contributed by atoms with E-state index in [9.17, 15) is 4.39 Å². The van der Waals surface area contributed by atoms with Crippen molar-refractivity contribution in [2.45, 2.75) is 6.42 Å². The lowest BCUT2D eigenvalue weighted by Gasteiger charge is -2.20. The SMILES string of the molecule is CN(C)CCCNCCN(C)c1ccccc1F. The third-order valence-electron chi connectivity index (χ3n) is 2.85. The van der Waals surface area contributed by atoms with Crippen molar-refractivity contribution in [3.63, 3.8) is 0 Å². The largest absolute Gasteiger partial charge is 0.371 e. The maximum absolute atomic E-state index is 13.5. The summed E-state index contributed by atoms with van der Waals surface area (Å²) >= 11 is 0. The number of rotatable bonds is 8. The van der Waals surface area contributed by atoms with Gasteiger partial charge in [-0.2, -0.15) is 0 Å². The molecule has 0 saturated carbocycles. The summed E-state index contributed by atoms with van der Waals surface area (Å²) in [5.41, 5.74) is 0.660. The monoisotopic (exact) mass is 253 g/mol. The zero-order chi connectivity index (χ0) is 13.4. The maximum atomic E-state index is 13.5. The Morgan fingerprint density at radius 2 is 1.78 bits per heavy atom. The highest BCUT2D eigenvalue weighted by Gasteiger charge is 2.05. The van der Waals surface area contributed by atoms with E-state index in [0.717, 1.165) is 32.6 Å². The van der Waals surface area contributed by atoms with Crippen molar-refractivity contribution < 1.29 is 4.39 Å². The molecule has 0 atom stereocenters. The van der Waals surface area contributed by atoms with E-state index in [1.54, 1.807) is 12.1 Å². The van der Waals surface area contributed by atoms with E-state index in [4.69, 9.17) is 0 Å². The molecule has 0 aliphatic heterocycles. The van der Waals surface area contributed by atoms with Crippen LogP contribution in [-0.2, 0) is 0 Å². The first kappa shape index (κ1) is 14.9. The number of para-hydroxylation sites is 1. The molecule has 0 saturated heterocycles. The van der Waals surface area contributed by atoms with Crippen LogP contribution in [0, 0.1) is 5.82 Å². The standard InChI is InChI=1S/C14H24FN3/c1-17(2)11-6-9-16-10-12-18(3)14-8-5-4-7-13(14)15/h4-5,7-8,16H,6,9-12H2,1-3H3. The molecule has 3 nitrogen and oxygen atoms in total. The summed E-state index contributed by atoms with van der Waals surface area (Å²) in [7, 11) is 6.07. The van der Waals surface area contributed by atoms with Crippen LogP contribution in [-0.4, -0.2) is 52.2 Å². The fourth-order valence-electron chi connectivity index (χ4n) is 1.77. The van der Waals surface area contributed by atoms with Crippen LogP contribution in [0.5, 0.6) is 0 Å². The Balaban J connectivity index is 2.18. The minimum absolute atomic E-state index is 0.160. The van der Waals surface area contributed by atoms with Gasteiger partial charge in [0.2, 0.25) is 0 Å². The second-order valence-electron chi connectivity index (χ2n) is 4.78. The fourth-order valence-corrected chi connectivity index (χ4v) is 1.77. The predicted octanol–water partition coefficient (Wildman–Crippen LogP) is 1.80. The Bertz CT molecular complexity index is 342. The van der Waals surface area contributed by atoms with E-state index < -0.39 is 0 Å². The van der Waals surface area contributed by atoms with Crippen molar-refractivity contribution in [2.24, 2.45) is 0 Å². The molecule has 0 aromatic heterocycles. The van der Waals surface area contributed by atoms with Gasteiger partial charge in [0.15, 0.2) is 0 Å². The number of likely N-dealkylation sites (N-methyl/N-ethyl adjacent to an activating group) is 1. The average molecular weight is 253 g/mol. The molecule has 0 bridgehead atoms. The highest BCUT2D eigenvalue weighted by atomic mass is 19.1. The minimum atomic E-state index is -0.160. The fraction of sp³-hybridized carbons (Fsp3) is 0.571. The second-order valence-corrected chi connectivity index (χ2v) is 4.78. The van der Waals surface area contributed by atoms with Crippen molar-refractivity contribution in [1.29, 1.82) is 0 Å². The van der Waals surface area contributed by atoms with Crippen molar-refractivity contribution in [1.82, 2.24) is 10.2 Å². The molecule has 102 valence electrons. The number of anilines is 1. The van der Waals surface area contributed by atoms with Crippen molar-refractivity contribution in [3.05, 3.63) is 30.1 Å². The molecule has 1 N–H and O–H groups in total. The smallest absolute Gasteiger partial charge is 0.146 e. The summed E-state index contributed by atoms with van der Waals surface area (Å²) in [5.74, 6) is -0.160. The van der Waals surface area contributed by atoms with Crippen LogP contribution in [0.4, 0.5) is 10.1 Å². The van der Waals surface area contributed by atoms with E-state index in [1.165, 1.54) is 6.07 Å². The van der Waals surface area contributed by atoms with Gasteiger partial charge in [-0.3, -0.25) is 0 Å². The molecule has 0 aliphatic carbocycles. The molecule has 18 heavy (non-hydrogen) atoms. The molecule has 0 heterocycles. The molecule has 0 amide bonds. The molecule has 1 aromatic carbocycles. The molecule has 4 heteroatoms. The first-order valence-electron chi connectivity index (χ1n) is 6.42. The summed E-state index contributed by atoms with van der Waals surface area (Å²) in [4.78, 5) is 4.11. The Morgan fingerprint density at radius 1 is 1.06 bits per heavy atom. The number of nitrogens with one attached hydrogen (secondary N) is 1. The lowest BCUT2D eigenvalue weighted by Crippen LogP contribution is -2.31. The second kappa shape index (κ2) is 8.06. The summed E-state index contributed by atoms with van der Waals surface area (Å²) < 4.78 is 13.5. The molecule has 1 aromatic rings. The Labute approximate surface area is 110 Å². The predicted molar refractivity (Wildman–Crippen MR) is 75.7 cm³/mol. The summed E-state index contributed by atoms with van der Waals surface area (Å²) in [5, 5.41) is 3.37. The number of nitrogens with zero attached hydrogens (tertiary/aromatic N) is 2. The molecule has 1 rings (SSSR count). The quantitative estimate of drug-likeness (QED) is 0.713. The van der Waals surface area contributed by atoms with E-state index in [0.29, 0.717) is 5.69 Å². The maximum Gasteiger partial charge on any atom is 0.146 e. The van der Waals surface area contributed by atoms with Gasteiger partial charge in [-0.05, 0) is 45.7 Å². The Morgan fingerprint density at radius 3 is 2.44 bits per heavy atom. The van der Waals surface area contributed by atoms with E-state index in [1.807, 2.05) is 18.0 Å². The molecule has 0 spiro atoms. The zero-order valence-corrected chi connectivity index (χ0v) is 11.6. The topological polar surface area (TPSA) is 18.5 Å². The van der Waals surface area contributed by atoms with Gasteiger partial charge in [0.05, 0.1) is 5.69 Å². The van der Waals surface area contributed by atoms with Crippen LogP contribution in [0.2, 0.25) is 0 Å². The Kier molecular flexibility index (Phi) is 6.68. The van der Waals surface area contributed by atoms with Gasteiger partial charge in [-0.15, -0.1) is 0 Å². The van der Waals surface area contributed by atoms with Crippen LogP contribution >= 0.6 is 0 Å². The van der Waals surface area contributed by atoms with Gasteiger partial charge >= 0.3 is 0 Å². The summed E-state index contributed by atoms with van der Waals surface area (Å²) in [6.07, 6.45) is 1.14. The summed E-state index contributed by atoms with van der Waals surface area (Å²) in [6, 6.07) is 6.88. The molecule has 0 fully saturated rings. The number of hydrogen-bond acceptors (Lipinski definition) is 3. The highest BCUT2D eigenvalue weighted by Crippen LogP contribution is 2.16. The van der Waals surface area contributed by atoms with Crippen LogP contribution < -0.4 is 10.2 Å².